The van der Waals surface area contributed by atoms with E-state index >= 15 is 0 Å². The van der Waals surface area contributed by atoms with Crippen LogP contribution in [0.3, 0.4) is 0 Å². The zero-order valence-electron chi connectivity index (χ0n) is 8.50. The third-order valence-corrected chi connectivity index (χ3v) is 2.93. The first-order valence-electron chi connectivity index (χ1n) is 5.57. The van der Waals surface area contributed by atoms with Crippen LogP contribution in [0.5, 0.6) is 0 Å². The van der Waals surface area contributed by atoms with Crippen LogP contribution in [0.4, 0.5) is 0 Å². The third kappa shape index (κ3) is 2.61. The van der Waals surface area contributed by atoms with E-state index in [0.717, 1.165) is 51.2 Å². The lowest BCUT2D eigenvalue weighted by molar-refractivity contribution is 0.120. The highest BCUT2D eigenvalue weighted by molar-refractivity contribution is 5.80. The fourth-order valence-electron chi connectivity index (χ4n) is 2.04. The van der Waals surface area contributed by atoms with Gasteiger partial charge in [0.05, 0.1) is 6.10 Å². The van der Waals surface area contributed by atoms with Crippen LogP contribution >= 0.6 is 0 Å². The first kappa shape index (κ1) is 9.77. The molecule has 80 valence electrons. The topological polar surface area (TPSA) is 56.6 Å². The van der Waals surface area contributed by atoms with Gasteiger partial charge in [-0.3, -0.25) is 4.99 Å². The van der Waals surface area contributed by atoms with Crippen LogP contribution in [0.2, 0.25) is 0 Å². The molecule has 0 bridgehead atoms. The Labute approximate surface area is 84.8 Å². The van der Waals surface area contributed by atoms with Crippen molar-refractivity contribution in [3.8, 4) is 0 Å². The largest absolute Gasteiger partial charge is 0.393 e. The molecule has 14 heavy (non-hydrogen) atoms. The zero-order valence-corrected chi connectivity index (χ0v) is 8.50. The Bertz CT molecular complexity index is 209. The lowest BCUT2D eigenvalue weighted by Gasteiger charge is -2.28. The number of aliphatic hydroxyl groups excluding tert-OH is 1. The number of nitrogens with one attached hydrogen (secondary N) is 2. The molecule has 0 saturated heterocycles. The second kappa shape index (κ2) is 4.64. The van der Waals surface area contributed by atoms with Crippen molar-refractivity contribution in [3.63, 3.8) is 0 Å². The van der Waals surface area contributed by atoms with Gasteiger partial charge in [-0.05, 0) is 32.1 Å². The van der Waals surface area contributed by atoms with Gasteiger partial charge in [0, 0.05) is 19.1 Å². The van der Waals surface area contributed by atoms with Crippen LogP contribution in [0.15, 0.2) is 4.99 Å². The second-order valence-corrected chi connectivity index (χ2v) is 4.16. The number of hydrogen-bond acceptors (Lipinski definition) is 4. The Morgan fingerprint density at radius 1 is 1.29 bits per heavy atom. The molecule has 4 heteroatoms. The molecule has 2 rings (SSSR count). The van der Waals surface area contributed by atoms with E-state index in [1.807, 2.05) is 0 Å². The van der Waals surface area contributed by atoms with Crippen LogP contribution in [-0.2, 0) is 0 Å². The number of aliphatic hydroxyl groups is 1. The predicted octanol–water partition coefficient (Wildman–Crippen LogP) is 0.229. The molecule has 0 aromatic heterocycles. The molecular formula is C10H19N3O. The number of aliphatic imine (C=N–C) groups is 1. The summed E-state index contributed by atoms with van der Waals surface area (Å²) in [6.07, 6.45) is 5.02. The summed E-state index contributed by atoms with van der Waals surface area (Å²) in [6, 6.07) is 0.503. The maximum Gasteiger partial charge on any atom is 0.191 e. The third-order valence-electron chi connectivity index (χ3n) is 2.93. The molecule has 1 aliphatic heterocycles. The fraction of sp³-hybridized carbons (Fsp3) is 0.900. The molecule has 1 aliphatic carbocycles. The zero-order chi connectivity index (χ0) is 9.80. The van der Waals surface area contributed by atoms with Crippen molar-refractivity contribution >= 4 is 5.96 Å². The number of hydrogen-bond donors (Lipinski definition) is 3. The molecular weight excluding hydrogens is 178 g/mol. The van der Waals surface area contributed by atoms with Gasteiger partial charge in [0.15, 0.2) is 5.96 Å². The van der Waals surface area contributed by atoms with Crippen molar-refractivity contribution < 1.29 is 5.11 Å². The van der Waals surface area contributed by atoms with Crippen molar-refractivity contribution in [3.05, 3.63) is 0 Å². The molecule has 4 nitrogen and oxygen atoms in total. The lowest BCUT2D eigenvalue weighted by Crippen LogP contribution is -2.47. The Morgan fingerprint density at radius 2 is 2.07 bits per heavy atom. The van der Waals surface area contributed by atoms with Crippen LogP contribution < -0.4 is 10.6 Å². The minimum Gasteiger partial charge on any atom is -0.393 e. The Morgan fingerprint density at radius 3 is 2.71 bits per heavy atom. The number of nitrogens with zero attached hydrogens (tertiary/aromatic N) is 1. The first-order valence-corrected chi connectivity index (χ1v) is 5.57. The van der Waals surface area contributed by atoms with Gasteiger partial charge in [-0.15, -0.1) is 0 Å². The van der Waals surface area contributed by atoms with Crippen LogP contribution in [0.25, 0.3) is 0 Å². The van der Waals surface area contributed by atoms with E-state index in [1.54, 1.807) is 0 Å². The van der Waals surface area contributed by atoms with E-state index in [1.165, 1.54) is 0 Å². The van der Waals surface area contributed by atoms with Gasteiger partial charge in [0.2, 0.25) is 0 Å². The summed E-state index contributed by atoms with van der Waals surface area (Å²) in [7, 11) is 0. The molecule has 0 atom stereocenters. The predicted molar refractivity (Wildman–Crippen MR) is 56.3 cm³/mol. The molecule has 0 amide bonds. The maximum absolute atomic E-state index is 9.36. The molecule has 1 heterocycles. The smallest absolute Gasteiger partial charge is 0.191 e. The average Bonchev–Trinajstić information content (AvgIpc) is 2.23. The lowest BCUT2D eigenvalue weighted by atomic mass is 9.93. The summed E-state index contributed by atoms with van der Waals surface area (Å²) >= 11 is 0. The van der Waals surface area contributed by atoms with Crippen LogP contribution in [0, 0.1) is 0 Å². The Hall–Kier alpha value is -0.770. The Kier molecular flexibility index (Phi) is 3.24. The van der Waals surface area contributed by atoms with Crippen LogP contribution in [0.1, 0.15) is 32.1 Å². The van der Waals surface area contributed by atoms with Crippen molar-refractivity contribution in [1.29, 1.82) is 0 Å². The standard InChI is InChI=1S/C10H19N3O/c14-9-4-2-8(3-5-9)13-10-11-6-1-7-12-10/h8-9,14H,1-7H2,(H2,11,12,13). The summed E-state index contributed by atoms with van der Waals surface area (Å²) < 4.78 is 0. The van der Waals surface area contributed by atoms with Gasteiger partial charge in [0.1, 0.15) is 0 Å². The highest BCUT2D eigenvalue weighted by Gasteiger charge is 2.20. The average molecular weight is 197 g/mol. The van der Waals surface area contributed by atoms with E-state index in [9.17, 15) is 5.11 Å². The molecule has 0 spiro atoms. The van der Waals surface area contributed by atoms with Crippen molar-refractivity contribution in [2.24, 2.45) is 4.99 Å². The van der Waals surface area contributed by atoms with Crippen molar-refractivity contribution in [1.82, 2.24) is 10.6 Å². The minimum absolute atomic E-state index is 0.0747. The molecule has 1 fully saturated rings. The normalized spacial score (nSPS) is 33.1. The quantitative estimate of drug-likeness (QED) is 0.564. The van der Waals surface area contributed by atoms with Crippen molar-refractivity contribution in [2.45, 2.75) is 44.2 Å². The van der Waals surface area contributed by atoms with E-state index in [2.05, 4.69) is 15.6 Å². The highest BCUT2D eigenvalue weighted by atomic mass is 16.3. The maximum atomic E-state index is 9.36. The summed E-state index contributed by atoms with van der Waals surface area (Å²) in [5.74, 6) is 0.956. The molecule has 2 aliphatic rings. The van der Waals surface area contributed by atoms with Crippen LogP contribution in [-0.4, -0.2) is 36.3 Å². The SMILES string of the molecule is OC1CCC(NC2=NCCCN2)CC1. The Balaban J connectivity index is 1.77. The highest BCUT2D eigenvalue weighted by Crippen LogP contribution is 2.18. The minimum atomic E-state index is -0.0747. The summed E-state index contributed by atoms with van der Waals surface area (Å²) in [5, 5.41) is 16.0. The van der Waals surface area contributed by atoms with Gasteiger partial charge in [-0.2, -0.15) is 0 Å². The van der Waals surface area contributed by atoms with Crippen molar-refractivity contribution in [2.75, 3.05) is 13.1 Å². The summed E-state index contributed by atoms with van der Waals surface area (Å²) in [5.41, 5.74) is 0. The first-order chi connectivity index (χ1) is 6.84. The summed E-state index contributed by atoms with van der Waals surface area (Å²) in [6.45, 7) is 1.96. The second-order valence-electron chi connectivity index (χ2n) is 4.16. The number of guanidine groups is 1. The van der Waals surface area contributed by atoms with E-state index in [4.69, 9.17) is 0 Å². The molecule has 0 unspecified atom stereocenters. The molecule has 0 aromatic rings. The van der Waals surface area contributed by atoms with Gasteiger partial charge >= 0.3 is 0 Å². The van der Waals surface area contributed by atoms with Gasteiger partial charge in [0.25, 0.3) is 0 Å². The molecule has 0 radical (unpaired) electrons. The van der Waals surface area contributed by atoms with E-state index in [-0.39, 0.29) is 6.10 Å². The van der Waals surface area contributed by atoms with Gasteiger partial charge in [-0.25, -0.2) is 0 Å². The van der Waals surface area contributed by atoms with Gasteiger partial charge < -0.3 is 15.7 Å². The summed E-state index contributed by atoms with van der Waals surface area (Å²) in [4.78, 5) is 4.37. The monoisotopic (exact) mass is 197 g/mol. The number of rotatable bonds is 1. The molecule has 3 N–H and O–H groups in total. The van der Waals surface area contributed by atoms with E-state index < -0.39 is 0 Å². The molecule has 1 saturated carbocycles. The van der Waals surface area contributed by atoms with E-state index in [0.29, 0.717) is 6.04 Å². The fourth-order valence-corrected chi connectivity index (χ4v) is 2.04. The van der Waals surface area contributed by atoms with Gasteiger partial charge in [-0.1, -0.05) is 0 Å². The molecule has 0 aromatic carbocycles.